The Labute approximate surface area is 108 Å². The van der Waals surface area contributed by atoms with Crippen LogP contribution in [0.2, 0.25) is 0 Å². The molecule has 0 N–H and O–H groups in total. The molecule has 0 atom stereocenters. The summed E-state index contributed by atoms with van der Waals surface area (Å²) < 4.78 is 4.36. The third-order valence-electron chi connectivity index (χ3n) is 1.37. The minimum absolute atomic E-state index is 0.0663. The predicted molar refractivity (Wildman–Crippen MR) is 62.5 cm³/mol. The van der Waals surface area contributed by atoms with Gasteiger partial charge in [-0.05, 0) is 18.5 Å². The molecule has 0 saturated carbocycles. The van der Waals surface area contributed by atoms with E-state index in [1.54, 1.807) is 0 Å². The number of carbonyl (C=O) groups is 2. The van der Waals surface area contributed by atoms with Gasteiger partial charge in [-0.3, -0.25) is 14.5 Å². The number of allylic oxidation sites excluding steroid dienone is 1. The summed E-state index contributed by atoms with van der Waals surface area (Å²) in [4.78, 5) is 26.0. The molecule has 16 heavy (non-hydrogen) atoms. The number of amides is 1. The Bertz CT molecular complexity index is 337. The van der Waals surface area contributed by atoms with Gasteiger partial charge in [0.1, 0.15) is 11.7 Å². The lowest BCUT2D eigenvalue weighted by atomic mass is 10.6. The van der Waals surface area contributed by atoms with Gasteiger partial charge in [-0.25, -0.2) is 4.99 Å². The van der Waals surface area contributed by atoms with Crippen molar-refractivity contribution in [2.45, 2.75) is 6.92 Å². The Balaban J connectivity index is 4.78. The average Bonchev–Trinajstić information content (AvgIpc) is 2.24. The second-order valence-electron chi connectivity index (χ2n) is 2.51. The number of aliphatic imine (C=N–C) groups is 1. The van der Waals surface area contributed by atoms with Crippen LogP contribution in [0, 0.1) is 0 Å². The summed E-state index contributed by atoms with van der Waals surface area (Å²) in [7, 11) is 1.19. The molecule has 0 aliphatic carbocycles. The van der Waals surface area contributed by atoms with E-state index in [0.717, 1.165) is 4.90 Å². The quantitative estimate of drug-likeness (QED) is 0.261. The van der Waals surface area contributed by atoms with E-state index in [4.69, 9.17) is 34.8 Å². The van der Waals surface area contributed by atoms with Crippen molar-refractivity contribution in [3.63, 3.8) is 0 Å². The van der Waals surface area contributed by atoms with Gasteiger partial charge < -0.3 is 4.74 Å². The maximum Gasteiger partial charge on any atom is 0.325 e. The van der Waals surface area contributed by atoms with Crippen molar-refractivity contribution >= 4 is 52.5 Å². The molecule has 0 aromatic rings. The van der Waals surface area contributed by atoms with Crippen LogP contribution in [0.25, 0.3) is 0 Å². The summed E-state index contributed by atoms with van der Waals surface area (Å²) in [5, 5.41) is -0.127. The molecule has 0 aromatic heterocycles. The Hall–Kier alpha value is -0.780. The van der Waals surface area contributed by atoms with E-state index in [9.17, 15) is 9.59 Å². The SMILES string of the molecule is COC(=O)CN(C=O)C(Cl)=N/C(Cl)=C(\C)Cl. The van der Waals surface area contributed by atoms with Gasteiger partial charge >= 0.3 is 5.97 Å². The molecule has 90 valence electrons. The molecule has 0 radical (unpaired) electrons. The number of ether oxygens (including phenoxy) is 1. The first-order valence-corrected chi connectivity index (χ1v) is 5.10. The van der Waals surface area contributed by atoms with Crippen molar-refractivity contribution in [1.29, 1.82) is 0 Å². The van der Waals surface area contributed by atoms with Gasteiger partial charge in [0.05, 0.1) is 12.1 Å². The van der Waals surface area contributed by atoms with Crippen LogP contribution in [0.15, 0.2) is 15.2 Å². The Morgan fingerprint density at radius 1 is 1.44 bits per heavy atom. The number of hydrogen-bond acceptors (Lipinski definition) is 4. The third-order valence-corrected chi connectivity index (χ3v) is 2.31. The first-order valence-electron chi connectivity index (χ1n) is 3.97. The van der Waals surface area contributed by atoms with Crippen LogP contribution < -0.4 is 0 Å². The smallest absolute Gasteiger partial charge is 0.325 e. The van der Waals surface area contributed by atoms with Gasteiger partial charge in [0.25, 0.3) is 0 Å². The monoisotopic (exact) mass is 286 g/mol. The Kier molecular flexibility index (Phi) is 7.12. The lowest BCUT2D eigenvalue weighted by molar-refractivity contribution is -0.142. The molecule has 0 saturated heterocycles. The highest BCUT2D eigenvalue weighted by molar-refractivity contribution is 6.66. The second kappa shape index (κ2) is 7.49. The number of amidine groups is 1. The van der Waals surface area contributed by atoms with E-state index in [0.29, 0.717) is 6.41 Å². The zero-order chi connectivity index (χ0) is 12.7. The second-order valence-corrected chi connectivity index (χ2v) is 3.78. The van der Waals surface area contributed by atoms with E-state index in [2.05, 4.69) is 9.73 Å². The molecule has 0 aliphatic rings. The van der Waals surface area contributed by atoms with Crippen LogP contribution in [0.5, 0.6) is 0 Å². The van der Waals surface area contributed by atoms with Crippen molar-refractivity contribution in [3.8, 4) is 0 Å². The van der Waals surface area contributed by atoms with Gasteiger partial charge in [0, 0.05) is 0 Å². The zero-order valence-corrected chi connectivity index (χ0v) is 10.8. The van der Waals surface area contributed by atoms with Crippen molar-refractivity contribution in [2.24, 2.45) is 4.99 Å². The fourth-order valence-electron chi connectivity index (χ4n) is 0.572. The molecule has 0 heterocycles. The molecule has 0 aliphatic heterocycles. The molecule has 0 aromatic carbocycles. The van der Waals surface area contributed by atoms with Gasteiger partial charge in [0.2, 0.25) is 11.7 Å². The largest absolute Gasteiger partial charge is 0.468 e. The standard InChI is InChI=1S/C8H9Cl3N2O3/c1-5(9)7(10)12-8(11)13(4-14)3-6(15)16-2/h4H,3H2,1-2H3/b7-5+,12-8?. The lowest BCUT2D eigenvalue weighted by Crippen LogP contribution is -2.32. The Morgan fingerprint density at radius 2 is 2.00 bits per heavy atom. The van der Waals surface area contributed by atoms with E-state index in [-0.39, 0.29) is 22.0 Å². The fraction of sp³-hybridized carbons (Fsp3) is 0.375. The summed E-state index contributed by atoms with van der Waals surface area (Å²) in [6.07, 6.45) is 0.330. The van der Waals surface area contributed by atoms with Gasteiger partial charge in [0.15, 0.2) is 0 Å². The van der Waals surface area contributed by atoms with Crippen LogP contribution in [0.1, 0.15) is 6.92 Å². The fourth-order valence-corrected chi connectivity index (χ4v) is 0.922. The number of halogens is 3. The van der Waals surface area contributed by atoms with E-state index < -0.39 is 5.97 Å². The highest BCUT2D eigenvalue weighted by atomic mass is 35.5. The summed E-state index contributed by atoms with van der Waals surface area (Å²) in [5.41, 5.74) is 0. The summed E-state index contributed by atoms with van der Waals surface area (Å²) in [5.74, 6) is -0.636. The molecule has 0 spiro atoms. The topological polar surface area (TPSA) is 59.0 Å². The zero-order valence-electron chi connectivity index (χ0n) is 8.54. The molecular weight excluding hydrogens is 278 g/mol. The maximum atomic E-state index is 10.9. The first-order chi connectivity index (χ1) is 7.42. The van der Waals surface area contributed by atoms with Crippen LogP contribution >= 0.6 is 34.8 Å². The average molecular weight is 288 g/mol. The summed E-state index contributed by atoms with van der Waals surface area (Å²) in [6, 6.07) is 0. The molecule has 1 amide bonds. The number of hydrogen-bond donors (Lipinski definition) is 0. The first kappa shape index (κ1) is 15.2. The minimum Gasteiger partial charge on any atom is -0.468 e. The number of esters is 1. The number of nitrogens with zero attached hydrogens (tertiary/aromatic N) is 2. The minimum atomic E-state index is -0.636. The van der Waals surface area contributed by atoms with Crippen LogP contribution in [0.3, 0.4) is 0 Å². The number of methoxy groups -OCH3 is 1. The molecule has 0 fully saturated rings. The third kappa shape index (κ3) is 5.34. The molecule has 0 bridgehead atoms. The van der Waals surface area contributed by atoms with E-state index >= 15 is 0 Å². The van der Waals surface area contributed by atoms with Crippen molar-refractivity contribution in [1.82, 2.24) is 4.90 Å². The van der Waals surface area contributed by atoms with Crippen LogP contribution in [0.4, 0.5) is 0 Å². The highest BCUT2D eigenvalue weighted by Crippen LogP contribution is 2.15. The molecule has 8 heteroatoms. The molecular formula is C8H9Cl3N2O3. The van der Waals surface area contributed by atoms with Crippen molar-refractivity contribution in [3.05, 3.63) is 10.2 Å². The number of carbonyl (C=O) groups excluding carboxylic acids is 2. The Morgan fingerprint density at radius 3 is 2.38 bits per heavy atom. The summed E-state index contributed by atoms with van der Waals surface area (Å²) in [6.45, 7) is 1.15. The predicted octanol–water partition coefficient (Wildman–Crippen LogP) is 1.88. The molecule has 0 unspecified atom stereocenters. The van der Waals surface area contributed by atoms with E-state index in [1.165, 1.54) is 14.0 Å². The summed E-state index contributed by atoms with van der Waals surface area (Å²) >= 11 is 16.8. The highest BCUT2D eigenvalue weighted by Gasteiger charge is 2.13. The normalized spacial score (nSPS) is 12.9. The molecule has 5 nitrogen and oxygen atoms in total. The van der Waals surface area contributed by atoms with Crippen molar-refractivity contribution < 1.29 is 14.3 Å². The van der Waals surface area contributed by atoms with Gasteiger partial charge in [-0.15, -0.1) is 0 Å². The van der Waals surface area contributed by atoms with Crippen molar-refractivity contribution in [2.75, 3.05) is 13.7 Å². The molecule has 0 rings (SSSR count). The van der Waals surface area contributed by atoms with Gasteiger partial charge in [-0.1, -0.05) is 23.2 Å². The van der Waals surface area contributed by atoms with E-state index in [1.807, 2.05) is 0 Å². The lowest BCUT2D eigenvalue weighted by Gasteiger charge is -2.12. The number of rotatable bonds is 4. The van der Waals surface area contributed by atoms with Crippen LogP contribution in [-0.2, 0) is 14.3 Å². The van der Waals surface area contributed by atoms with Crippen LogP contribution in [-0.4, -0.2) is 36.2 Å². The van der Waals surface area contributed by atoms with Gasteiger partial charge in [-0.2, -0.15) is 0 Å². The maximum absolute atomic E-state index is 10.9.